The van der Waals surface area contributed by atoms with E-state index in [2.05, 4.69) is 16.4 Å². The lowest BCUT2D eigenvalue weighted by atomic mass is 10.00. The number of hydrogen-bond acceptors (Lipinski definition) is 3. The standard InChI is InChI=1S/C13H11ClN4/c14-11-3-9(4-15)1-2-12(11)18-8-17-7-13(18)10-5-16-6-10/h1-3,7-8,10,16H,5-6H2. The Morgan fingerprint density at radius 2 is 2.28 bits per heavy atom. The van der Waals surface area contributed by atoms with Gasteiger partial charge in [-0.2, -0.15) is 5.26 Å². The van der Waals surface area contributed by atoms with Crippen LogP contribution >= 0.6 is 11.6 Å². The molecule has 0 bridgehead atoms. The zero-order valence-corrected chi connectivity index (χ0v) is 10.4. The normalized spacial score (nSPS) is 15.1. The van der Waals surface area contributed by atoms with E-state index >= 15 is 0 Å². The van der Waals surface area contributed by atoms with E-state index in [1.165, 1.54) is 0 Å². The van der Waals surface area contributed by atoms with Crippen LogP contribution in [0.1, 0.15) is 17.2 Å². The monoisotopic (exact) mass is 258 g/mol. The lowest BCUT2D eigenvalue weighted by Crippen LogP contribution is -2.40. The van der Waals surface area contributed by atoms with Gasteiger partial charge in [-0.1, -0.05) is 11.6 Å². The highest BCUT2D eigenvalue weighted by Crippen LogP contribution is 2.27. The Morgan fingerprint density at radius 3 is 2.89 bits per heavy atom. The van der Waals surface area contributed by atoms with Gasteiger partial charge in [0.2, 0.25) is 0 Å². The number of hydrogen-bond donors (Lipinski definition) is 1. The summed E-state index contributed by atoms with van der Waals surface area (Å²) in [6.45, 7) is 1.94. The molecule has 1 aromatic heterocycles. The molecule has 4 nitrogen and oxygen atoms in total. The molecule has 0 amide bonds. The molecule has 0 atom stereocenters. The first-order chi connectivity index (χ1) is 8.79. The molecule has 1 aromatic carbocycles. The molecule has 1 fully saturated rings. The van der Waals surface area contributed by atoms with E-state index in [0.29, 0.717) is 16.5 Å². The van der Waals surface area contributed by atoms with E-state index in [-0.39, 0.29) is 0 Å². The van der Waals surface area contributed by atoms with Gasteiger partial charge in [0.1, 0.15) is 0 Å². The van der Waals surface area contributed by atoms with E-state index in [0.717, 1.165) is 24.5 Å². The van der Waals surface area contributed by atoms with Crippen LogP contribution in [-0.2, 0) is 0 Å². The second-order valence-corrected chi connectivity index (χ2v) is 4.73. The van der Waals surface area contributed by atoms with Gasteiger partial charge in [-0.05, 0) is 18.2 Å². The molecule has 2 heterocycles. The Morgan fingerprint density at radius 1 is 1.44 bits per heavy atom. The zero-order valence-electron chi connectivity index (χ0n) is 9.60. The lowest BCUT2D eigenvalue weighted by molar-refractivity contribution is 0.435. The molecule has 0 saturated carbocycles. The minimum Gasteiger partial charge on any atom is -0.315 e. The maximum Gasteiger partial charge on any atom is 0.0994 e. The molecule has 2 aromatic rings. The average molecular weight is 259 g/mol. The first-order valence-corrected chi connectivity index (χ1v) is 6.10. The topological polar surface area (TPSA) is 53.6 Å². The molecule has 1 N–H and O–H groups in total. The summed E-state index contributed by atoms with van der Waals surface area (Å²) in [5, 5.41) is 12.7. The van der Waals surface area contributed by atoms with Crippen molar-refractivity contribution in [1.82, 2.24) is 14.9 Å². The summed E-state index contributed by atoms with van der Waals surface area (Å²) in [4.78, 5) is 4.20. The van der Waals surface area contributed by atoms with Crippen LogP contribution in [0.15, 0.2) is 30.7 Å². The van der Waals surface area contributed by atoms with Crippen LogP contribution in [0, 0.1) is 11.3 Å². The fraction of sp³-hybridized carbons (Fsp3) is 0.231. The zero-order chi connectivity index (χ0) is 12.5. The summed E-state index contributed by atoms with van der Waals surface area (Å²) in [6, 6.07) is 7.39. The van der Waals surface area contributed by atoms with Gasteiger partial charge < -0.3 is 9.88 Å². The molecule has 0 aliphatic carbocycles. The number of nitrogens with zero attached hydrogens (tertiary/aromatic N) is 3. The van der Waals surface area contributed by atoms with Gasteiger partial charge in [-0.15, -0.1) is 0 Å². The van der Waals surface area contributed by atoms with Gasteiger partial charge in [-0.25, -0.2) is 4.98 Å². The van der Waals surface area contributed by atoms with Crippen molar-refractivity contribution in [2.24, 2.45) is 0 Å². The quantitative estimate of drug-likeness (QED) is 0.897. The molecule has 1 saturated heterocycles. The molecule has 0 radical (unpaired) electrons. The van der Waals surface area contributed by atoms with Gasteiger partial charge in [0.05, 0.1) is 28.7 Å². The summed E-state index contributed by atoms with van der Waals surface area (Å²) in [7, 11) is 0. The van der Waals surface area contributed by atoms with Crippen molar-refractivity contribution in [3.05, 3.63) is 47.0 Å². The number of imidazole rings is 1. The second kappa shape index (κ2) is 4.45. The van der Waals surface area contributed by atoms with Crippen molar-refractivity contribution in [3.8, 4) is 11.8 Å². The SMILES string of the molecule is N#Cc1ccc(-n2cncc2C2CNC2)c(Cl)c1. The molecule has 5 heteroatoms. The molecule has 18 heavy (non-hydrogen) atoms. The Kier molecular flexibility index (Phi) is 2.78. The number of nitriles is 1. The molecule has 3 rings (SSSR count). The predicted octanol–water partition coefficient (Wildman–Crippen LogP) is 2.08. The highest BCUT2D eigenvalue weighted by molar-refractivity contribution is 6.32. The van der Waals surface area contributed by atoms with Crippen LogP contribution in [0.4, 0.5) is 0 Å². The van der Waals surface area contributed by atoms with Gasteiger partial charge in [0.25, 0.3) is 0 Å². The van der Waals surface area contributed by atoms with Crippen molar-refractivity contribution >= 4 is 11.6 Å². The summed E-state index contributed by atoms with van der Waals surface area (Å²) >= 11 is 6.22. The second-order valence-electron chi connectivity index (χ2n) is 4.32. The molecule has 0 spiro atoms. The Labute approximate surface area is 110 Å². The molecule has 90 valence electrons. The molecular formula is C13H11ClN4. The highest BCUT2D eigenvalue weighted by Gasteiger charge is 2.23. The van der Waals surface area contributed by atoms with Crippen LogP contribution < -0.4 is 5.32 Å². The fourth-order valence-corrected chi connectivity index (χ4v) is 2.35. The Balaban J connectivity index is 2.05. The average Bonchev–Trinajstić information content (AvgIpc) is 2.75. The Hall–Kier alpha value is -1.83. The maximum atomic E-state index is 8.84. The summed E-state index contributed by atoms with van der Waals surface area (Å²) in [5.41, 5.74) is 2.59. The largest absolute Gasteiger partial charge is 0.315 e. The molecule has 1 aliphatic rings. The van der Waals surface area contributed by atoms with Crippen LogP contribution in [0.3, 0.4) is 0 Å². The predicted molar refractivity (Wildman–Crippen MR) is 68.9 cm³/mol. The van der Waals surface area contributed by atoms with E-state index in [4.69, 9.17) is 16.9 Å². The third-order valence-electron chi connectivity index (χ3n) is 3.20. The summed E-state index contributed by atoms with van der Waals surface area (Å²) in [6.07, 6.45) is 3.64. The lowest BCUT2D eigenvalue weighted by Gasteiger charge is -2.28. The highest BCUT2D eigenvalue weighted by atomic mass is 35.5. The van der Waals surface area contributed by atoms with E-state index < -0.39 is 0 Å². The maximum absolute atomic E-state index is 8.84. The molecule has 1 aliphatic heterocycles. The van der Waals surface area contributed by atoms with Crippen LogP contribution in [0.25, 0.3) is 5.69 Å². The van der Waals surface area contributed by atoms with Crippen molar-refractivity contribution in [3.63, 3.8) is 0 Å². The van der Waals surface area contributed by atoms with E-state index in [9.17, 15) is 0 Å². The van der Waals surface area contributed by atoms with Crippen LogP contribution in [0.5, 0.6) is 0 Å². The minimum atomic E-state index is 0.485. The van der Waals surface area contributed by atoms with Crippen molar-refractivity contribution in [1.29, 1.82) is 5.26 Å². The number of benzene rings is 1. The van der Waals surface area contributed by atoms with E-state index in [1.54, 1.807) is 18.5 Å². The summed E-state index contributed by atoms with van der Waals surface area (Å²) < 4.78 is 2.00. The van der Waals surface area contributed by atoms with Crippen molar-refractivity contribution < 1.29 is 0 Å². The van der Waals surface area contributed by atoms with Gasteiger partial charge in [0, 0.05) is 30.9 Å². The van der Waals surface area contributed by atoms with Crippen LogP contribution in [-0.4, -0.2) is 22.6 Å². The number of halogens is 1. The smallest absolute Gasteiger partial charge is 0.0994 e. The summed E-state index contributed by atoms with van der Waals surface area (Å²) in [5.74, 6) is 0.485. The molecule has 0 unspecified atom stereocenters. The van der Waals surface area contributed by atoms with Gasteiger partial charge >= 0.3 is 0 Å². The van der Waals surface area contributed by atoms with Crippen molar-refractivity contribution in [2.75, 3.05) is 13.1 Å². The first kappa shape index (κ1) is 11.3. The number of rotatable bonds is 2. The van der Waals surface area contributed by atoms with E-state index in [1.807, 2.05) is 16.8 Å². The third kappa shape index (κ3) is 1.78. The first-order valence-electron chi connectivity index (χ1n) is 5.72. The number of nitrogens with one attached hydrogen (secondary N) is 1. The van der Waals surface area contributed by atoms with Gasteiger partial charge in [-0.3, -0.25) is 0 Å². The number of aromatic nitrogens is 2. The van der Waals surface area contributed by atoms with Gasteiger partial charge in [0.15, 0.2) is 0 Å². The molecular weight excluding hydrogens is 248 g/mol. The van der Waals surface area contributed by atoms with Crippen molar-refractivity contribution in [2.45, 2.75) is 5.92 Å². The fourth-order valence-electron chi connectivity index (χ4n) is 2.08. The third-order valence-corrected chi connectivity index (χ3v) is 3.51. The minimum absolute atomic E-state index is 0.485. The Bertz CT molecular complexity index is 622. The van der Waals surface area contributed by atoms with Crippen LogP contribution in [0.2, 0.25) is 5.02 Å².